The number of unbranched alkanes of at least 4 members (excludes halogenated alkanes) is 3. The summed E-state index contributed by atoms with van der Waals surface area (Å²) in [6.07, 6.45) is 6.21. The minimum Gasteiger partial charge on any atom is -0.493 e. The molecule has 0 atom stereocenters. The Labute approximate surface area is 250 Å². The molecule has 1 aromatic heterocycles. The van der Waals surface area contributed by atoms with E-state index in [1.165, 1.54) is 58.7 Å². The normalized spacial score (nSPS) is 17.0. The summed E-state index contributed by atoms with van der Waals surface area (Å²) in [6, 6.07) is 11.7. The van der Waals surface area contributed by atoms with Gasteiger partial charge in [-0.2, -0.15) is 0 Å². The first-order valence-electron chi connectivity index (χ1n) is 15.5. The van der Waals surface area contributed by atoms with Crippen LogP contribution in [-0.4, -0.2) is 111 Å². The van der Waals surface area contributed by atoms with E-state index >= 15 is 0 Å². The van der Waals surface area contributed by atoms with E-state index in [4.69, 9.17) is 19.9 Å². The van der Waals surface area contributed by atoms with Gasteiger partial charge in [0.2, 0.25) is 0 Å². The first-order valence-corrected chi connectivity index (χ1v) is 15.5. The van der Waals surface area contributed by atoms with Crippen LogP contribution in [0.2, 0.25) is 0 Å². The Balaban J connectivity index is 1.00. The number of fused-ring (bicyclic) bond motifs is 1. The van der Waals surface area contributed by atoms with Gasteiger partial charge in [0, 0.05) is 76.0 Å². The molecule has 0 amide bonds. The zero-order valence-corrected chi connectivity index (χ0v) is 25.1. The fourth-order valence-electron chi connectivity index (χ4n) is 5.68. The number of benzene rings is 2. The highest BCUT2D eigenvalue weighted by molar-refractivity contribution is 5.91. The third kappa shape index (κ3) is 8.91. The first kappa shape index (κ1) is 30.3. The summed E-state index contributed by atoms with van der Waals surface area (Å²) in [7, 11) is 1.66. The average Bonchev–Trinajstić information content (AvgIpc) is 3.03. The van der Waals surface area contributed by atoms with Crippen molar-refractivity contribution in [3.05, 3.63) is 48.3 Å². The molecule has 0 radical (unpaired) electrons. The number of aromatic nitrogens is 2. The van der Waals surface area contributed by atoms with Gasteiger partial charge in [0.05, 0.1) is 32.4 Å². The van der Waals surface area contributed by atoms with Crippen LogP contribution in [0.3, 0.4) is 0 Å². The van der Waals surface area contributed by atoms with Crippen molar-refractivity contribution in [1.82, 2.24) is 24.7 Å². The van der Waals surface area contributed by atoms with Gasteiger partial charge in [-0.15, -0.1) is 0 Å². The standard InChI is InChI=1S/C32H47N7O3/c1-40-30-23-29-28(32(36-25-35-29)34-24-26-7-6-8-27(33)21-26)22-31(30)42-18-5-3-2-4-9-37-10-12-38(13-11-37)14-15-39-16-19-41-20-17-39/h6-8,21-23,25H,2-5,9-20,24,33H2,1H3,(H,34,35,36). The molecule has 10 nitrogen and oxygen atoms in total. The molecule has 10 heteroatoms. The predicted molar refractivity (Wildman–Crippen MR) is 168 cm³/mol. The third-order valence-electron chi connectivity index (χ3n) is 8.26. The molecule has 228 valence electrons. The molecule has 0 unspecified atom stereocenters. The molecule has 3 aromatic rings. The van der Waals surface area contributed by atoms with E-state index < -0.39 is 0 Å². The summed E-state index contributed by atoms with van der Waals surface area (Å²) in [5.74, 6) is 2.17. The molecule has 0 spiro atoms. The number of rotatable bonds is 15. The first-order chi connectivity index (χ1) is 20.7. The maximum absolute atomic E-state index is 6.19. The van der Waals surface area contributed by atoms with Crippen molar-refractivity contribution < 1.29 is 14.2 Å². The smallest absolute Gasteiger partial charge is 0.162 e. The number of piperazine rings is 1. The molecular formula is C32H47N7O3. The van der Waals surface area contributed by atoms with Crippen LogP contribution in [0.1, 0.15) is 31.2 Å². The summed E-state index contributed by atoms with van der Waals surface area (Å²) >= 11 is 0. The quantitative estimate of drug-likeness (QED) is 0.205. The predicted octanol–water partition coefficient (Wildman–Crippen LogP) is 3.72. The zero-order valence-electron chi connectivity index (χ0n) is 25.1. The van der Waals surface area contributed by atoms with Crippen molar-refractivity contribution >= 4 is 22.4 Å². The van der Waals surface area contributed by atoms with Crippen LogP contribution < -0.4 is 20.5 Å². The Hall–Kier alpha value is -3.18. The Morgan fingerprint density at radius 3 is 2.33 bits per heavy atom. The van der Waals surface area contributed by atoms with Crippen molar-refractivity contribution in [2.45, 2.75) is 32.2 Å². The molecule has 3 heterocycles. The Kier molecular flexibility index (Phi) is 11.5. The summed E-state index contributed by atoms with van der Waals surface area (Å²) in [5.41, 5.74) is 8.58. The zero-order chi connectivity index (χ0) is 29.0. The van der Waals surface area contributed by atoms with Crippen molar-refractivity contribution in [3.63, 3.8) is 0 Å². The van der Waals surface area contributed by atoms with E-state index in [0.29, 0.717) is 18.9 Å². The lowest BCUT2D eigenvalue weighted by Crippen LogP contribution is -2.49. The van der Waals surface area contributed by atoms with Crippen molar-refractivity contribution in [1.29, 1.82) is 0 Å². The Morgan fingerprint density at radius 2 is 1.57 bits per heavy atom. The number of ether oxygens (including phenoxy) is 3. The molecule has 0 saturated carbocycles. The van der Waals surface area contributed by atoms with Crippen molar-refractivity contribution in [2.75, 3.05) is 96.9 Å². The second-order valence-corrected chi connectivity index (χ2v) is 11.2. The number of anilines is 2. The van der Waals surface area contributed by atoms with Gasteiger partial charge in [0.25, 0.3) is 0 Å². The highest BCUT2D eigenvalue weighted by Gasteiger charge is 2.18. The van der Waals surface area contributed by atoms with Crippen LogP contribution in [0.25, 0.3) is 10.9 Å². The van der Waals surface area contributed by atoms with Crippen LogP contribution in [0, 0.1) is 0 Å². The summed E-state index contributed by atoms with van der Waals surface area (Å²) < 4.78 is 17.3. The molecule has 0 bridgehead atoms. The number of nitrogens with zero attached hydrogens (tertiary/aromatic N) is 5. The van der Waals surface area contributed by atoms with Crippen LogP contribution in [-0.2, 0) is 11.3 Å². The lowest BCUT2D eigenvalue weighted by atomic mass is 10.1. The van der Waals surface area contributed by atoms with Gasteiger partial charge >= 0.3 is 0 Å². The fourth-order valence-corrected chi connectivity index (χ4v) is 5.68. The van der Waals surface area contributed by atoms with Crippen LogP contribution >= 0.6 is 0 Å². The lowest BCUT2D eigenvalue weighted by molar-refractivity contribution is 0.0299. The Morgan fingerprint density at radius 1 is 0.833 bits per heavy atom. The van der Waals surface area contributed by atoms with Crippen LogP contribution in [0.15, 0.2) is 42.7 Å². The Bertz CT molecular complexity index is 1250. The van der Waals surface area contributed by atoms with Gasteiger partial charge in [0.15, 0.2) is 11.5 Å². The number of hydrogen-bond donors (Lipinski definition) is 2. The molecule has 0 aliphatic carbocycles. The van der Waals surface area contributed by atoms with Gasteiger partial charge in [-0.3, -0.25) is 9.80 Å². The van der Waals surface area contributed by atoms with Crippen LogP contribution in [0.5, 0.6) is 11.5 Å². The largest absolute Gasteiger partial charge is 0.493 e. The highest BCUT2D eigenvalue weighted by atomic mass is 16.5. The van der Waals surface area contributed by atoms with E-state index in [2.05, 4.69) is 30.0 Å². The number of methoxy groups -OCH3 is 1. The minimum absolute atomic E-state index is 0.615. The molecule has 2 aromatic carbocycles. The number of morpholine rings is 1. The van der Waals surface area contributed by atoms with Gasteiger partial charge in [-0.05, 0) is 43.1 Å². The fraction of sp³-hybridized carbons (Fsp3) is 0.562. The van der Waals surface area contributed by atoms with Crippen molar-refractivity contribution in [3.8, 4) is 11.5 Å². The number of nitrogens with two attached hydrogens (primary N) is 1. The molecule has 3 N–H and O–H groups in total. The van der Waals surface area contributed by atoms with E-state index in [9.17, 15) is 0 Å². The van der Waals surface area contributed by atoms with E-state index in [1.807, 2.05) is 36.4 Å². The van der Waals surface area contributed by atoms with Crippen LogP contribution in [0.4, 0.5) is 11.5 Å². The van der Waals surface area contributed by atoms with E-state index in [0.717, 1.165) is 72.9 Å². The lowest BCUT2D eigenvalue weighted by Gasteiger charge is -2.36. The second-order valence-electron chi connectivity index (χ2n) is 11.2. The second kappa shape index (κ2) is 15.9. The molecular weight excluding hydrogens is 530 g/mol. The third-order valence-corrected chi connectivity index (χ3v) is 8.26. The number of nitrogens with one attached hydrogen (secondary N) is 1. The van der Waals surface area contributed by atoms with Gasteiger partial charge in [-0.25, -0.2) is 9.97 Å². The molecule has 2 aliphatic heterocycles. The van der Waals surface area contributed by atoms with Gasteiger partial charge in [0.1, 0.15) is 12.1 Å². The average molecular weight is 578 g/mol. The number of nitrogen functional groups attached to an aromatic ring is 1. The molecule has 2 aliphatic rings. The van der Waals surface area contributed by atoms with E-state index in [1.54, 1.807) is 13.4 Å². The SMILES string of the molecule is COc1cc2ncnc(NCc3cccc(N)c3)c2cc1OCCCCCCN1CCN(CCN2CCOCC2)CC1. The summed E-state index contributed by atoms with van der Waals surface area (Å²) in [4.78, 5) is 16.7. The van der Waals surface area contributed by atoms with E-state index in [-0.39, 0.29) is 0 Å². The number of hydrogen-bond acceptors (Lipinski definition) is 10. The molecule has 2 saturated heterocycles. The van der Waals surface area contributed by atoms with Gasteiger partial charge < -0.3 is 30.2 Å². The topological polar surface area (TPSA) is 101 Å². The highest BCUT2D eigenvalue weighted by Crippen LogP contribution is 2.34. The van der Waals surface area contributed by atoms with Crippen molar-refractivity contribution in [2.24, 2.45) is 0 Å². The molecule has 5 rings (SSSR count). The van der Waals surface area contributed by atoms with Gasteiger partial charge in [-0.1, -0.05) is 25.0 Å². The molecule has 42 heavy (non-hydrogen) atoms. The molecule has 2 fully saturated rings. The summed E-state index contributed by atoms with van der Waals surface area (Å²) in [5, 5.41) is 4.32. The summed E-state index contributed by atoms with van der Waals surface area (Å²) in [6.45, 7) is 13.5. The minimum atomic E-state index is 0.615. The maximum Gasteiger partial charge on any atom is 0.162 e. The maximum atomic E-state index is 6.19. The monoisotopic (exact) mass is 577 g/mol.